The van der Waals surface area contributed by atoms with Gasteiger partial charge >= 0.3 is 6.03 Å². The largest absolute Gasteiger partial charge is 0.395 e. The number of nitrogens with zero attached hydrogens (tertiary/aromatic N) is 2. The molecule has 0 unspecified atom stereocenters. The quantitative estimate of drug-likeness (QED) is 0.665. The molecule has 21 heavy (non-hydrogen) atoms. The van der Waals surface area contributed by atoms with E-state index in [4.69, 9.17) is 0 Å². The third-order valence-electron chi connectivity index (χ3n) is 3.81. The smallest absolute Gasteiger partial charge is 0.319 e. The summed E-state index contributed by atoms with van der Waals surface area (Å²) < 4.78 is 0. The van der Waals surface area contributed by atoms with E-state index in [1.54, 1.807) is 24.5 Å². The van der Waals surface area contributed by atoms with Crippen LogP contribution in [0.5, 0.6) is 0 Å². The molecule has 1 fully saturated rings. The van der Waals surface area contributed by atoms with Gasteiger partial charge in [-0.05, 0) is 50.9 Å². The van der Waals surface area contributed by atoms with Crippen LogP contribution in [0.25, 0.3) is 0 Å². The minimum atomic E-state index is -0.185. The van der Waals surface area contributed by atoms with Crippen molar-refractivity contribution < 1.29 is 9.90 Å². The normalized spacial score (nSPS) is 18.6. The lowest BCUT2D eigenvalue weighted by atomic mass is 10.2. The van der Waals surface area contributed by atoms with Crippen molar-refractivity contribution in [2.24, 2.45) is 0 Å². The molecule has 0 saturated carbocycles. The number of hydrogen-bond acceptors (Lipinski definition) is 4. The summed E-state index contributed by atoms with van der Waals surface area (Å²) in [6, 6.07) is 3.66. The molecule has 6 heteroatoms. The van der Waals surface area contributed by atoms with Crippen molar-refractivity contribution in [3.05, 3.63) is 24.5 Å². The standard InChI is InChI=1S/C15H24N4O2/c20-12-14-4-3-11-19(14)10-2-1-7-17-15(21)18-13-5-8-16-9-6-13/h5-6,8-9,14,20H,1-4,7,10-12H2,(H2,16,17,18,21)/t14-/m1/s1. The van der Waals surface area contributed by atoms with E-state index in [-0.39, 0.29) is 12.6 Å². The Morgan fingerprint density at radius 3 is 2.95 bits per heavy atom. The summed E-state index contributed by atoms with van der Waals surface area (Å²) in [6.07, 6.45) is 7.54. The van der Waals surface area contributed by atoms with Gasteiger partial charge in [0.1, 0.15) is 0 Å². The molecule has 1 saturated heterocycles. The summed E-state index contributed by atoms with van der Waals surface area (Å²) in [7, 11) is 0. The van der Waals surface area contributed by atoms with Crippen LogP contribution in [-0.2, 0) is 0 Å². The summed E-state index contributed by atoms with van der Waals surface area (Å²) in [5, 5.41) is 14.8. The van der Waals surface area contributed by atoms with Gasteiger partial charge in [0.2, 0.25) is 0 Å². The lowest BCUT2D eigenvalue weighted by Gasteiger charge is -2.22. The fourth-order valence-electron chi connectivity index (χ4n) is 2.65. The predicted octanol–water partition coefficient (Wildman–Crippen LogP) is 1.44. The van der Waals surface area contributed by atoms with Crippen LogP contribution in [0.4, 0.5) is 10.5 Å². The summed E-state index contributed by atoms with van der Waals surface area (Å²) in [4.78, 5) is 17.9. The molecular formula is C15H24N4O2. The van der Waals surface area contributed by atoms with Crippen molar-refractivity contribution in [3.63, 3.8) is 0 Å². The third-order valence-corrected chi connectivity index (χ3v) is 3.81. The van der Waals surface area contributed by atoms with Gasteiger partial charge in [0, 0.05) is 30.7 Å². The van der Waals surface area contributed by atoms with E-state index in [0.717, 1.165) is 38.0 Å². The number of amides is 2. The topological polar surface area (TPSA) is 77.5 Å². The van der Waals surface area contributed by atoms with E-state index in [1.807, 2.05) is 0 Å². The summed E-state index contributed by atoms with van der Waals surface area (Å²) in [5.41, 5.74) is 0.741. The van der Waals surface area contributed by atoms with Gasteiger partial charge in [-0.25, -0.2) is 4.79 Å². The molecule has 2 rings (SSSR count). The molecule has 0 spiro atoms. The Bertz CT molecular complexity index is 427. The average Bonchev–Trinajstić information content (AvgIpc) is 2.95. The molecule has 1 aliphatic heterocycles. The number of unbranched alkanes of at least 4 members (excludes halogenated alkanes) is 1. The highest BCUT2D eigenvalue weighted by Crippen LogP contribution is 2.16. The summed E-state index contributed by atoms with van der Waals surface area (Å²) in [5.74, 6) is 0. The zero-order valence-electron chi connectivity index (χ0n) is 12.3. The highest BCUT2D eigenvalue weighted by molar-refractivity contribution is 5.88. The number of anilines is 1. The van der Waals surface area contributed by atoms with Crippen molar-refractivity contribution in [2.75, 3.05) is 31.6 Å². The minimum absolute atomic E-state index is 0.185. The number of aromatic nitrogens is 1. The number of rotatable bonds is 7. The number of carbonyl (C=O) groups excluding carboxylic acids is 1. The lowest BCUT2D eigenvalue weighted by Crippen LogP contribution is -2.34. The summed E-state index contributed by atoms with van der Waals surface area (Å²) >= 11 is 0. The highest BCUT2D eigenvalue weighted by atomic mass is 16.3. The van der Waals surface area contributed by atoms with Crippen LogP contribution >= 0.6 is 0 Å². The molecule has 116 valence electrons. The molecule has 2 heterocycles. The Balaban J connectivity index is 1.54. The molecule has 1 aromatic heterocycles. The molecule has 3 N–H and O–H groups in total. The number of hydrogen-bond donors (Lipinski definition) is 3. The van der Waals surface area contributed by atoms with Crippen LogP contribution < -0.4 is 10.6 Å². The minimum Gasteiger partial charge on any atom is -0.395 e. The van der Waals surface area contributed by atoms with Gasteiger partial charge in [-0.3, -0.25) is 9.88 Å². The molecule has 1 aromatic rings. The second kappa shape index (κ2) is 8.59. The Kier molecular flexibility index (Phi) is 6.43. The van der Waals surface area contributed by atoms with Gasteiger partial charge in [0.15, 0.2) is 0 Å². The fraction of sp³-hybridized carbons (Fsp3) is 0.600. The Morgan fingerprint density at radius 2 is 2.19 bits per heavy atom. The third kappa shape index (κ3) is 5.32. The maximum Gasteiger partial charge on any atom is 0.319 e. The highest BCUT2D eigenvalue weighted by Gasteiger charge is 2.22. The van der Waals surface area contributed by atoms with E-state index < -0.39 is 0 Å². The van der Waals surface area contributed by atoms with Crippen LogP contribution in [0.15, 0.2) is 24.5 Å². The van der Waals surface area contributed by atoms with Crippen LogP contribution in [-0.4, -0.2) is 53.3 Å². The van der Waals surface area contributed by atoms with Gasteiger partial charge in [-0.2, -0.15) is 0 Å². The van der Waals surface area contributed by atoms with Crippen LogP contribution in [0.2, 0.25) is 0 Å². The van der Waals surface area contributed by atoms with Crippen LogP contribution in [0, 0.1) is 0 Å². The van der Waals surface area contributed by atoms with Gasteiger partial charge < -0.3 is 15.7 Å². The zero-order valence-corrected chi connectivity index (χ0v) is 12.3. The maximum absolute atomic E-state index is 11.6. The molecule has 0 aliphatic carbocycles. The number of aliphatic hydroxyl groups is 1. The van der Waals surface area contributed by atoms with Crippen molar-refractivity contribution >= 4 is 11.7 Å². The number of aliphatic hydroxyl groups excluding tert-OH is 1. The molecule has 1 atom stereocenters. The SMILES string of the molecule is O=C(NCCCCN1CCC[C@@H]1CO)Nc1ccncc1. The van der Waals surface area contributed by atoms with Crippen molar-refractivity contribution in [1.29, 1.82) is 0 Å². The molecule has 6 nitrogen and oxygen atoms in total. The molecule has 0 radical (unpaired) electrons. The molecule has 2 amide bonds. The van der Waals surface area contributed by atoms with Gasteiger partial charge in [-0.1, -0.05) is 0 Å². The molecule has 0 aromatic carbocycles. The Morgan fingerprint density at radius 1 is 1.38 bits per heavy atom. The second-order valence-corrected chi connectivity index (χ2v) is 5.34. The van der Waals surface area contributed by atoms with E-state index in [9.17, 15) is 9.90 Å². The maximum atomic E-state index is 11.6. The first-order valence-electron chi connectivity index (χ1n) is 7.59. The van der Waals surface area contributed by atoms with E-state index >= 15 is 0 Å². The second-order valence-electron chi connectivity index (χ2n) is 5.34. The van der Waals surface area contributed by atoms with E-state index in [0.29, 0.717) is 12.6 Å². The molecular weight excluding hydrogens is 268 g/mol. The van der Waals surface area contributed by atoms with Crippen molar-refractivity contribution in [1.82, 2.24) is 15.2 Å². The van der Waals surface area contributed by atoms with Crippen LogP contribution in [0.3, 0.4) is 0 Å². The van der Waals surface area contributed by atoms with Gasteiger partial charge in [0.05, 0.1) is 6.61 Å². The first kappa shape index (κ1) is 15.7. The van der Waals surface area contributed by atoms with E-state index in [1.165, 1.54) is 6.42 Å². The van der Waals surface area contributed by atoms with Crippen molar-refractivity contribution in [2.45, 2.75) is 31.7 Å². The summed E-state index contributed by atoms with van der Waals surface area (Å²) in [6.45, 7) is 3.00. The predicted molar refractivity (Wildman–Crippen MR) is 82.2 cm³/mol. The number of likely N-dealkylation sites (tertiary alicyclic amines) is 1. The molecule has 0 bridgehead atoms. The number of carbonyl (C=O) groups is 1. The number of pyridine rings is 1. The zero-order chi connectivity index (χ0) is 14.9. The first-order chi connectivity index (χ1) is 10.3. The molecule has 1 aliphatic rings. The van der Waals surface area contributed by atoms with Gasteiger partial charge in [-0.15, -0.1) is 0 Å². The lowest BCUT2D eigenvalue weighted by molar-refractivity contribution is 0.157. The van der Waals surface area contributed by atoms with Gasteiger partial charge in [0.25, 0.3) is 0 Å². The average molecular weight is 292 g/mol. The number of nitrogens with one attached hydrogen (secondary N) is 2. The van der Waals surface area contributed by atoms with Crippen molar-refractivity contribution in [3.8, 4) is 0 Å². The Labute approximate surface area is 125 Å². The van der Waals surface area contributed by atoms with E-state index in [2.05, 4.69) is 20.5 Å². The monoisotopic (exact) mass is 292 g/mol. The Hall–Kier alpha value is -1.66. The number of urea groups is 1. The first-order valence-corrected chi connectivity index (χ1v) is 7.59. The fourth-order valence-corrected chi connectivity index (χ4v) is 2.65. The van der Waals surface area contributed by atoms with Crippen LogP contribution in [0.1, 0.15) is 25.7 Å².